The van der Waals surface area contributed by atoms with E-state index in [1.54, 1.807) is 0 Å². The Hall–Kier alpha value is -7.90. The SMILES string of the molecule is c1ccc(-c2nc(-c3cccc(-n4c5cc6ccccc6cc5c5ccc6nc(-c7ccccc7)oc6c54)c3)nc(-c3cccc4oc5ccccc5c34)n2)cc1. The van der Waals surface area contributed by atoms with Gasteiger partial charge in [-0.1, -0.05) is 115 Å². The van der Waals surface area contributed by atoms with E-state index in [1.807, 2.05) is 91.0 Å². The van der Waals surface area contributed by atoms with Crippen LogP contribution in [0.1, 0.15) is 0 Å². The molecule has 0 bridgehead atoms. The minimum absolute atomic E-state index is 0.563. The number of fused-ring (bicyclic) bond motifs is 9. The zero-order chi connectivity index (χ0) is 37.5. The molecule has 0 radical (unpaired) electrons. The minimum atomic E-state index is 0.563. The van der Waals surface area contributed by atoms with Gasteiger partial charge >= 0.3 is 0 Å². The maximum atomic E-state index is 6.69. The Labute approximate surface area is 325 Å². The summed E-state index contributed by atoms with van der Waals surface area (Å²) in [6.45, 7) is 0. The molecule has 7 nitrogen and oxygen atoms in total. The summed E-state index contributed by atoms with van der Waals surface area (Å²) in [7, 11) is 0. The van der Waals surface area contributed by atoms with E-state index in [2.05, 4.69) is 89.5 Å². The fourth-order valence-electron chi connectivity index (χ4n) is 8.23. The Morgan fingerprint density at radius 3 is 1.93 bits per heavy atom. The van der Waals surface area contributed by atoms with Crippen molar-refractivity contribution in [2.45, 2.75) is 0 Å². The molecular formula is C50H29N5O2. The van der Waals surface area contributed by atoms with Gasteiger partial charge in [0, 0.05) is 49.5 Å². The zero-order valence-corrected chi connectivity index (χ0v) is 30.3. The third kappa shape index (κ3) is 4.99. The first-order valence-corrected chi connectivity index (χ1v) is 18.9. The van der Waals surface area contributed by atoms with Crippen molar-refractivity contribution in [2.24, 2.45) is 0 Å². The molecule has 12 rings (SSSR count). The van der Waals surface area contributed by atoms with E-state index in [-0.39, 0.29) is 0 Å². The lowest BCUT2D eigenvalue weighted by Crippen LogP contribution is -2.01. The van der Waals surface area contributed by atoms with Crippen LogP contribution in [-0.2, 0) is 0 Å². The normalized spacial score (nSPS) is 11.9. The van der Waals surface area contributed by atoms with E-state index in [1.165, 1.54) is 5.39 Å². The number of hydrogen-bond donors (Lipinski definition) is 0. The number of para-hydroxylation sites is 1. The number of hydrogen-bond acceptors (Lipinski definition) is 6. The fourth-order valence-corrected chi connectivity index (χ4v) is 8.23. The van der Waals surface area contributed by atoms with Gasteiger partial charge in [-0.25, -0.2) is 19.9 Å². The standard InChI is InChI=1S/C50H29N5O2/c1-3-13-30(14-4-1)47-52-48(54-49(53-47)38-22-12-24-43-44(38)37-21-9-10-23-42(37)56-43)34-19-11-20-35(27-34)55-41-29-33-18-8-7-17-32(33)28-39(41)36-25-26-40-46(45(36)55)57-50(51-40)31-15-5-2-6-16-31/h1-29H. The van der Waals surface area contributed by atoms with Gasteiger partial charge in [-0.05, 0) is 71.4 Å². The molecular weight excluding hydrogens is 703 g/mol. The quantitative estimate of drug-likeness (QED) is 0.175. The zero-order valence-electron chi connectivity index (χ0n) is 30.3. The van der Waals surface area contributed by atoms with Gasteiger partial charge in [-0.3, -0.25) is 0 Å². The predicted molar refractivity (Wildman–Crippen MR) is 228 cm³/mol. The van der Waals surface area contributed by atoms with Crippen LogP contribution in [0.2, 0.25) is 0 Å². The molecule has 0 unspecified atom stereocenters. The second-order valence-electron chi connectivity index (χ2n) is 14.2. The monoisotopic (exact) mass is 731 g/mol. The summed E-state index contributed by atoms with van der Waals surface area (Å²) in [5, 5.41) is 6.52. The summed E-state index contributed by atoms with van der Waals surface area (Å²) in [4.78, 5) is 20.4. The molecule has 0 fully saturated rings. The molecule has 0 aliphatic rings. The first-order chi connectivity index (χ1) is 28.2. The van der Waals surface area contributed by atoms with Crippen molar-refractivity contribution in [1.29, 1.82) is 0 Å². The van der Waals surface area contributed by atoms with E-state index in [0.29, 0.717) is 23.4 Å². The van der Waals surface area contributed by atoms with Crippen LogP contribution in [0.15, 0.2) is 185 Å². The van der Waals surface area contributed by atoms with E-state index in [9.17, 15) is 0 Å². The van der Waals surface area contributed by atoms with Crippen LogP contribution in [0.4, 0.5) is 0 Å². The highest BCUT2D eigenvalue weighted by Crippen LogP contribution is 2.41. The number of aromatic nitrogens is 5. The summed E-state index contributed by atoms with van der Waals surface area (Å²) in [6.07, 6.45) is 0. The van der Waals surface area contributed by atoms with E-state index < -0.39 is 0 Å². The maximum absolute atomic E-state index is 6.69. The first-order valence-electron chi connectivity index (χ1n) is 18.9. The Bertz CT molecular complexity index is 3530. The lowest BCUT2D eigenvalue weighted by Gasteiger charge is -2.12. The van der Waals surface area contributed by atoms with Gasteiger partial charge in [-0.15, -0.1) is 0 Å². The second kappa shape index (κ2) is 12.3. The number of nitrogens with zero attached hydrogens (tertiary/aromatic N) is 5. The molecule has 0 aliphatic carbocycles. The summed E-state index contributed by atoms with van der Waals surface area (Å²) in [5.74, 6) is 2.31. The third-order valence-corrected chi connectivity index (χ3v) is 10.8. The van der Waals surface area contributed by atoms with Crippen molar-refractivity contribution in [2.75, 3.05) is 0 Å². The van der Waals surface area contributed by atoms with Crippen LogP contribution >= 0.6 is 0 Å². The molecule has 266 valence electrons. The molecule has 7 heteroatoms. The average molecular weight is 732 g/mol. The highest BCUT2D eigenvalue weighted by Gasteiger charge is 2.22. The molecule has 0 aliphatic heterocycles. The Balaban J connectivity index is 1.11. The maximum Gasteiger partial charge on any atom is 0.227 e. The molecule has 0 N–H and O–H groups in total. The topological polar surface area (TPSA) is 82.8 Å². The largest absolute Gasteiger partial charge is 0.456 e. The van der Waals surface area contributed by atoms with E-state index in [4.69, 9.17) is 28.8 Å². The smallest absolute Gasteiger partial charge is 0.227 e. The molecule has 0 amide bonds. The summed E-state index contributed by atoms with van der Waals surface area (Å²) in [5.41, 5.74) is 9.64. The van der Waals surface area contributed by atoms with Gasteiger partial charge in [0.25, 0.3) is 0 Å². The molecule has 57 heavy (non-hydrogen) atoms. The fraction of sp³-hybridized carbons (Fsp3) is 0. The van der Waals surface area contributed by atoms with E-state index >= 15 is 0 Å². The predicted octanol–water partition coefficient (Wildman–Crippen LogP) is 12.8. The molecule has 4 aromatic heterocycles. The van der Waals surface area contributed by atoms with Crippen molar-refractivity contribution in [3.63, 3.8) is 0 Å². The average Bonchev–Trinajstić information content (AvgIpc) is 3.98. The van der Waals surface area contributed by atoms with Crippen molar-refractivity contribution >= 4 is 65.6 Å². The van der Waals surface area contributed by atoms with E-state index in [0.717, 1.165) is 88.2 Å². The number of furan rings is 1. The van der Waals surface area contributed by atoms with Crippen LogP contribution in [0, 0.1) is 0 Å². The van der Waals surface area contributed by atoms with Crippen molar-refractivity contribution < 1.29 is 8.83 Å². The van der Waals surface area contributed by atoms with Crippen LogP contribution < -0.4 is 0 Å². The van der Waals surface area contributed by atoms with Gasteiger partial charge in [0.15, 0.2) is 23.1 Å². The van der Waals surface area contributed by atoms with Gasteiger partial charge in [0.05, 0.1) is 11.0 Å². The van der Waals surface area contributed by atoms with Gasteiger partial charge in [0.1, 0.15) is 16.7 Å². The van der Waals surface area contributed by atoms with Gasteiger partial charge in [0.2, 0.25) is 5.89 Å². The highest BCUT2D eigenvalue weighted by molar-refractivity contribution is 6.19. The Kier molecular flexibility index (Phi) is 6.79. The summed E-state index contributed by atoms with van der Waals surface area (Å²) in [6, 6.07) is 59.9. The summed E-state index contributed by atoms with van der Waals surface area (Å²) >= 11 is 0. The number of oxazole rings is 1. The lowest BCUT2D eigenvalue weighted by atomic mass is 10.1. The van der Waals surface area contributed by atoms with Crippen molar-refractivity contribution in [3.05, 3.63) is 176 Å². The first kappa shape index (κ1) is 31.5. The second-order valence-corrected chi connectivity index (χ2v) is 14.2. The molecule has 0 atom stereocenters. The molecule has 4 heterocycles. The third-order valence-electron chi connectivity index (χ3n) is 10.8. The molecule has 0 saturated heterocycles. The van der Waals surface area contributed by atoms with Gasteiger partial charge in [-0.2, -0.15) is 0 Å². The van der Waals surface area contributed by atoms with Crippen LogP contribution in [0.25, 0.3) is 117 Å². The lowest BCUT2D eigenvalue weighted by molar-refractivity contribution is 0.621. The molecule has 0 spiro atoms. The minimum Gasteiger partial charge on any atom is -0.456 e. The Morgan fingerprint density at radius 2 is 1.09 bits per heavy atom. The highest BCUT2D eigenvalue weighted by atomic mass is 16.3. The van der Waals surface area contributed by atoms with Gasteiger partial charge < -0.3 is 13.4 Å². The summed E-state index contributed by atoms with van der Waals surface area (Å²) < 4.78 is 15.2. The van der Waals surface area contributed by atoms with Crippen molar-refractivity contribution in [3.8, 4) is 51.3 Å². The van der Waals surface area contributed by atoms with Crippen LogP contribution in [0.5, 0.6) is 0 Å². The van der Waals surface area contributed by atoms with Crippen molar-refractivity contribution in [1.82, 2.24) is 24.5 Å². The number of benzene rings is 8. The molecule has 8 aromatic carbocycles. The molecule has 12 aromatic rings. The Morgan fingerprint density at radius 1 is 0.421 bits per heavy atom. The van der Waals surface area contributed by atoms with Crippen LogP contribution in [-0.4, -0.2) is 24.5 Å². The van der Waals surface area contributed by atoms with Crippen LogP contribution in [0.3, 0.4) is 0 Å². The molecule has 0 saturated carbocycles. The number of rotatable bonds is 5.